The quantitative estimate of drug-likeness (QED) is 0.575. The average Bonchev–Trinajstić information content (AvgIpc) is 2.72. The van der Waals surface area contributed by atoms with Crippen molar-refractivity contribution in [2.75, 3.05) is 11.9 Å². The van der Waals surface area contributed by atoms with Gasteiger partial charge in [-0.1, -0.05) is 23.7 Å². The molecule has 0 aliphatic heterocycles. The Bertz CT molecular complexity index is 1190. The number of halogens is 4. The molecule has 2 aromatic carbocycles. The number of fused-ring (bicyclic) bond motifs is 1. The van der Waals surface area contributed by atoms with E-state index in [1.807, 2.05) is 0 Å². The second-order valence-electron chi connectivity index (χ2n) is 6.41. The fourth-order valence-electron chi connectivity index (χ4n) is 2.71. The largest absolute Gasteiger partial charge is 0.456 e. The van der Waals surface area contributed by atoms with Gasteiger partial charge in [0.05, 0.1) is 34.2 Å². The first kappa shape index (κ1) is 22.3. The topological polar surface area (TPSA) is 90.3 Å². The highest BCUT2D eigenvalue weighted by Gasteiger charge is 2.33. The van der Waals surface area contributed by atoms with Crippen LogP contribution in [0.5, 0.6) is 0 Å². The molecule has 0 saturated heterocycles. The summed E-state index contributed by atoms with van der Waals surface area (Å²) in [5.74, 6) is -1.59. The van der Waals surface area contributed by atoms with Gasteiger partial charge in [0.2, 0.25) is 0 Å². The number of carbonyl (C=O) groups is 2. The molecule has 0 aliphatic carbocycles. The first-order valence-corrected chi connectivity index (χ1v) is 9.29. The Balaban J connectivity index is 1.53. The number of anilines is 1. The fraction of sp³-hybridized carbons (Fsp3) is 0.200. The Morgan fingerprint density at radius 3 is 2.65 bits per heavy atom. The highest BCUT2D eigenvalue weighted by Crippen LogP contribution is 2.36. The lowest BCUT2D eigenvalue weighted by atomic mass is 10.2. The molecular formula is C20H15ClF3N3O4. The van der Waals surface area contributed by atoms with E-state index in [9.17, 15) is 27.6 Å². The summed E-state index contributed by atoms with van der Waals surface area (Å²) in [6.07, 6.45) is -3.57. The molecule has 1 aromatic heterocycles. The van der Waals surface area contributed by atoms with Crippen molar-refractivity contribution in [2.45, 2.75) is 19.1 Å². The summed E-state index contributed by atoms with van der Waals surface area (Å²) >= 11 is 5.52. The minimum absolute atomic E-state index is 0.0107. The Morgan fingerprint density at radius 2 is 1.90 bits per heavy atom. The third-order valence-electron chi connectivity index (χ3n) is 4.21. The van der Waals surface area contributed by atoms with Crippen molar-refractivity contribution >= 4 is 40.1 Å². The zero-order valence-electron chi connectivity index (χ0n) is 15.8. The molecule has 0 aliphatic rings. The lowest BCUT2D eigenvalue weighted by molar-refractivity contribution is -0.147. The summed E-state index contributed by atoms with van der Waals surface area (Å²) < 4.78 is 44.7. The van der Waals surface area contributed by atoms with E-state index in [4.69, 9.17) is 16.3 Å². The van der Waals surface area contributed by atoms with Gasteiger partial charge < -0.3 is 10.1 Å². The zero-order valence-corrected chi connectivity index (χ0v) is 16.5. The van der Waals surface area contributed by atoms with Gasteiger partial charge in [0.15, 0.2) is 6.61 Å². The van der Waals surface area contributed by atoms with Crippen molar-refractivity contribution < 1.29 is 27.5 Å². The van der Waals surface area contributed by atoms with Crippen molar-refractivity contribution in [3.8, 4) is 0 Å². The molecule has 1 amide bonds. The maximum Gasteiger partial charge on any atom is 0.417 e. The van der Waals surface area contributed by atoms with Crippen molar-refractivity contribution in [3.63, 3.8) is 0 Å². The number of nitrogens with one attached hydrogen (secondary N) is 1. The Morgan fingerprint density at radius 1 is 1.16 bits per heavy atom. The summed E-state index contributed by atoms with van der Waals surface area (Å²) in [7, 11) is 0. The molecule has 3 rings (SSSR count). The van der Waals surface area contributed by atoms with Crippen LogP contribution in [-0.2, 0) is 27.0 Å². The van der Waals surface area contributed by atoms with Crippen molar-refractivity contribution in [3.05, 3.63) is 69.7 Å². The maximum absolute atomic E-state index is 12.9. The minimum atomic E-state index is -4.68. The molecule has 0 bridgehead atoms. The third kappa shape index (κ3) is 5.60. The molecule has 0 radical (unpaired) electrons. The normalized spacial score (nSPS) is 11.4. The highest BCUT2D eigenvalue weighted by molar-refractivity contribution is 6.31. The van der Waals surface area contributed by atoms with Crippen LogP contribution in [0.1, 0.15) is 12.0 Å². The molecule has 0 atom stereocenters. The molecule has 7 nitrogen and oxygen atoms in total. The molecule has 0 spiro atoms. The number of para-hydroxylation sites is 1. The van der Waals surface area contributed by atoms with Gasteiger partial charge in [-0.05, 0) is 30.3 Å². The van der Waals surface area contributed by atoms with Gasteiger partial charge in [0, 0.05) is 12.2 Å². The molecule has 1 N–H and O–H groups in total. The van der Waals surface area contributed by atoms with Gasteiger partial charge in [-0.15, -0.1) is 0 Å². The van der Waals surface area contributed by atoms with Crippen LogP contribution in [0.3, 0.4) is 0 Å². The predicted molar refractivity (Wildman–Crippen MR) is 107 cm³/mol. The molecular weight excluding hydrogens is 439 g/mol. The molecule has 0 fully saturated rings. The van der Waals surface area contributed by atoms with Crippen LogP contribution in [-0.4, -0.2) is 28.0 Å². The second-order valence-corrected chi connectivity index (χ2v) is 6.82. The van der Waals surface area contributed by atoms with Crippen LogP contribution in [0.2, 0.25) is 5.02 Å². The number of amides is 1. The smallest absolute Gasteiger partial charge is 0.417 e. The predicted octanol–water partition coefficient (Wildman–Crippen LogP) is 3.64. The van der Waals surface area contributed by atoms with E-state index in [1.54, 1.807) is 24.3 Å². The SMILES string of the molecule is O=C(COC(=O)CCn1cnc2ccccc2c1=O)Nc1ccc(Cl)c(C(F)(F)F)c1. The summed E-state index contributed by atoms with van der Waals surface area (Å²) in [4.78, 5) is 40.2. The van der Waals surface area contributed by atoms with Gasteiger partial charge in [0.1, 0.15) is 0 Å². The lowest BCUT2D eigenvalue weighted by Gasteiger charge is -2.12. The number of hydrogen-bond acceptors (Lipinski definition) is 5. The molecule has 0 saturated carbocycles. The van der Waals surface area contributed by atoms with E-state index < -0.39 is 35.2 Å². The lowest BCUT2D eigenvalue weighted by Crippen LogP contribution is -2.24. The second kappa shape index (κ2) is 9.17. The number of ether oxygens (including phenoxy) is 1. The number of aromatic nitrogens is 2. The van der Waals surface area contributed by atoms with Crippen LogP contribution in [0, 0.1) is 0 Å². The monoisotopic (exact) mass is 453 g/mol. The summed E-state index contributed by atoms with van der Waals surface area (Å²) in [5, 5.41) is 2.10. The number of carbonyl (C=O) groups excluding carboxylic acids is 2. The number of hydrogen-bond donors (Lipinski definition) is 1. The van der Waals surface area contributed by atoms with E-state index >= 15 is 0 Å². The molecule has 0 unspecified atom stereocenters. The van der Waals surface area contributed by atoms with Crippen LogP contribution in [0.4, 0.5) is 18.9 Å². The number of alkyl halides is 3. The molecule has 11 heteroatoms. The van der Waals surface area contributed by atoms with E-state index in [2.05, 4.69) is 10.3 Å². The molecule has 1 heterocycles. The summed E-state index contributed by atoms with van der Waals surface area (Å²) in [6.45, 7) is -0.711. The van der Waals surface area contributed by atoms with Gasteiger partial charge >= 0.3 is 12.1 Å². The van der Waals surface area contributed by atoms with Gasteiger partial charge in [0.25, 0.3) is 11.5 Å². The third-order valence-corrected chi connectivity index (χ3v) is 4.54. The fourth-order valence-corrected chi connectivity index (χ4v) is 2.94. The summed E-state index contributed by atoms with van der Waals surface area (Å²) in [6, 6.07) is 9.62. The number of nitrogens with zero attached hydrogens (tertiary/aromatic N) is 2. The molecule has 31 heavy (non-hydrogen) atoms. The maximum atomic E-state index is 12.9. The zero-order chi connectivity index (χ0) is 22.6. The van der Waals surface area contributed by atoms with Gasteiger partial charge in [-0.3, -0.25) is 19.0 Å². The first-order chi connectivity index (χ1) is 14.6. The Hall–Kier alpha value is -3.40. The van der Waals surface area contributed by atoms with Crippen LogP contribution in [0.25, 0.3) is 10.9 Å². The van der Waals surface area contributed by atoms with E-state index in [-0.39, 0.29) is 24.2 Å². The molecule has 162 valence electrons. The average molecular weight is 454 g/mol. The number of rotatable bonds is 6. The van der Waals surface area contributed by atoms with Gasteiger partial charge in [-0.2, -0.15) is 13.2 Å². The standard InChI is InChI=1S/C20H15ClF3N3O4/c21-15-6-5-12(9-14(15)20(22,23)24)26-17(28)10-31-18(29)7-8-27-11-25-16-4-2-1-3-13(16)19(27)30/h1-6,9,11H,7-8,10H2,(H,26,28). The van der Waals surface area contributed by atoms with Crippen molar-refractivity contribution in [1.82, 2.24) is 9.55 Å². The van der Waals surface area contributed by atoms with Crippen LogP contribution >= 0.6 is 11.6 Å². The minimum Gasteiger partial charge on any atom is -0.456 e. The van der Waals surface area contributed by atoms with E-state index in [0.717, 1.165) is 6.07 Å². The highest BCUT2D eigenvalue weighted by atomic mass is 35.5. The summed E-state index contributed by atoms with van der Waals surface area (Å²) in [5.41, 5.74) is -1.04. The van der Waals surface area contributed by atoms with E-state index in [1.165, 1.54) is 17.0 Å². The van der Waals surface area contributed by atoms with Crippen molar-refractivity contribution in [1.29, 1.82) is 0 Å². The Labute approximate surface area is 178 Å². The molecule has 3 aromatic rings. The van der Waals surface area contributed by atoms with Gasteiger partial charge in [-0.25, -0.2) is 4.98 Å². The van der Waals surface area contributed by atoms with Crippen LogP contribution < -0.4 is 10.9 Å². The number of esters is 1. The van der Waals surface area contributed by atoms with Crippen molar-refractivity contribution in [2.24, 2.45) is 0 Å². The number of benzene rings is 2. The Kier molecular flexibility index (Phi) is 6.59. The van der Waals surface area contributed by atoms with E-state index in [0.29, 0.717) is 17.0 Å². The first-order valence-electron chi connectivity index (χ1n) is 8.91. The number of aryl methyl sites for hydroxylation is 1. The van der Waals surface area contributed by atoms with Crippen LogP contribution in [0.15, 0.2) is 53.6 Å².